The summed E-state index contributed by atoms with van der Waals surface area (Å²) in [5, 5.41) is 7.16. The molecule has 0 N–H and O–H groups in total. The molecule has 2 heterocycles. The number of anilines is 2. The first kappa shape index (κ1) is 20.3. The summed E-state index contributed by atoms with van der Waals surface area (Å²) in [7, 11) is -0.556. The van der Waals surface area contributed by atoms with Gasteiger partial charge in [0.2, 0.25) is 0 Å². The van der Waals surface area contributed by atoms with E-state index in [9.17, 15) is 0 Å². The summed E-state index contributed by atoms with van der Waals surface area (Å²) in [6, 6.07) is 35.9. The largest absolute Gasteiger partial charge is 0.341 e. The van der Waals surface area contributed by atoms with Crippen molar-refractivity contribution in [3.05, 3.63) is 109 Å². The first-order chi connectivity index (χ1) is 16.3. The molecule has 0 fully saturated rings. The molecule has 2 heteroatoms. The molecular weight excluding hydrogens is 417 g/mol. The third-order valence-electron chi connectivity index (χ3n) is 6.90. The first-order valence-corrected chi connectivity index (χ1v) is 13.3. The second-order valence-corrected chi connectivity index (χ2v) is 11.1. The second kappa shape index (κ2) is 8.58. The second-order valence-electron chi connectivity index (χ2n) is 8.98. The number of hydrogen-bond acceptors (Lipinski definition) is 1. The molecule has 1 aliphatic heterocycles. The highest BCUT2D eigenvalue weighted by Crippen LogP contribution is 2.56. The average molecular weight is 446 g/mol. The van der Waals surface area contributed by atoms with Crippen molar-refractivity contribution < 1.29 is 0 Å². The lowest BCUT2D eigenvalue weighted by molar-refractivity contribution is 0.698. The lowest BCUT2D eigenvalue weighted by Gasteiger charge is -2.27. The molecule has 33 heavy (non-hydrogen) atoms. The minimum Gasteiger partial charge on any atom is -0.341 e. The Morgan fingerprint density at radius 2 is 1.39 bits per heavy atom. The van der Waals surface area contributed by atoms with Crippen LogP contribution in [-0.4, -0.2) is 6.54 Å². The van der Waals surface area contributed by atoms with Crippen LogP contribution in [0, 0.1) is 0 Å². The topological polar surface area (TPSA) is 3.24 Å². The maximum atomic E-state index is 4.58. The third kappa shape index (κ3) is 3.58. The van der Waals surface area contributed by atoms with Crippen LogP contribution in [0.1, 0.15) is 31.2 Å². The molecule has 5 aromatic rings. The van der Waals surface area contributed by atoms with Crippen molar-refractivity contribution in [2.24, 2.45) is 0 Å². The van der Waals surface area contributed by atoms with E-state index in [1.807, 2.05) is 0 Å². The molecule has 0 radical (unpaired) electrons. The van der Waals surface area contributed by atoms with Crippen LogP contribution in [0.25, 0.3) is 31.9 Å². The van der Waals surface area contributed by atoms with E-state index in [2.05, 4.69) is 109 Å². The molecule has 0 aliphatic carbocycles. The van der Waals surface area contributed by atoms with Gasteiger partial charge in [-0.2, -0.15) is 0 Å². The van der Waals surface area contributed by atoms with Crippen LogP contribution in [0.15, 0.2) is 104 Å². The number of fused-ring (bicyclic) bond motifs is 4. The van der Waals surface area contributed by atoms with Crippen molar-refractivity contribution in [3.8, 4) is 5.30 Å². The summed E-state index contributed by atoms with van der Waals surface area (Å²) in [4.78, 5) is 2.53. The van der Waals surface area contributed by atoms with Crippen LogP contribution >= 0.6 is 7.53 Å². The standard InChI is InChI=1S/C31H28NP/c1-23-13-5-4-12-20-32(24-14-6-2-7-15-24)29-21-28-26-18-10-11-19-30(26)33(31(28)22-27(23)29)25-16-8-3-9-17-25/h2-3,6-11,14-19,21-22H,1,4-5,12-13,20H2. The number of allylic oxidation sites excluding steroid dienone is 1. The van der Waals surface area contributed by atoms with Gasteiger partial charge in [-0.05, 0) is 65.2 Å². The lowest BCUT2D eigenvalue weighted by Crippen LogP contribution is -2.19. The van der Waals surface area contributed by atoms with Crippen LogP contribution in [0.4, 0.5) is 11.4 Å². The molecular formula is C31H28NP. The Bertz CT molecular complexity index is 1450. The number of benzene rings is 4. The Labute approximate surface area is 197 Å². The van der Waals surface area contributed by atoms with E-state index >= 15 is 0 Å². The van der Waals surface area contributed by atoms with Gasteiger partial charge in [0.15, 0.2) is 0 Å². The zero-order valence-corrected chi connectivity index (χ0v) is 19.8. The molecule has 1 unspecified atom stereocenters. The summed E-state index contributed by atoms with van der Waals surface area (Å²) in [6.45, 7) is 5.62. The van der Waals surface area contributed by atoms with Gasteiger partial charge in [0.1, 0.15) is 0 Å². The molecule has 1 atom stereocenters. The van der Waals surface area contributed by atoms with Crippen molar-refractivity contribution in [3.63, 3.8) is 0 Å². The maximum absolute atomic E-state index is 4.58. The summed E-state index contributed by atoms with van der Waals surface area (Å²) in [5.74, 6) is 0. The zero-order chi connectivity index (χ0) is 22.2. The van der Waals surface area contributed by atoms with Crippen LogP contribution < -0.4 is 4.90 Å². The number of para-hydroxylation sites is 1. The summed E-state index contributed by atoms with van der Waals surface area (Å²) >= 11 is 0. The average Bonchev–Trinajstić information content (AvgIpc) is 3.22. The Hall–Kier alpha value is -3.28. The molecule has 0 saturated carbocycles. The van der Waals surface area contributed by atoms with E-state index in [0.717, 1.165) is 13.0 Å². The van der Waals surface area contributed by atoms with Gasteiger partial charge in [0, 0.05) is 33.7 Å². The summed E-state index contributed by atoms with van der Waals surface area (Å²) in [6.07, 6.45) is 4.73. The van der Waals surface area contributed by atoms with Crippen molar-refractivity contribution in [2.45, 2.75) is 25.7 Å². The first-order valence-electron chi connectivity index (χ1n) is 11.9. The van der Waals surface area contributed by atoms with E-state index in [1.165, 1.54) is 68.1 Å². The van der Waals surface area contributed by atoms with Crippen LogP contribution in [-0.2, 0) is 0 Å². The monoisotopic (exact) mass is 445 g/mol. The molecule has 1 nitrogen and oxygen atoms in total. The van der Waals surface area contributed by atoms with Crippen LogP contribution in [0.3, 0.4) is 0 Å². The van der Waals surface area contributed by atoms with Gasteiger partial charge in [-0.15, -0.1) is 0 Å². The highest BCUT2D eigenvalue weighted by atomic mass is 31.1. The van der Waals surface area contributed by atoms with Crippen molar-refractivity contribution in [1.82, 2.24) is 0 Å². The fourth-order valence-electron chi connectivity index (χ4n) is 5.28. The predicted octanol–water partition coefficient (Wildman–Crippen LogP) is 9.69. The molecule has 0 spiro atoms. The fourth-order valence-corrected chi connectivity index (χ4v) is 7.92. The number of hydrogen-bond donors (Lipinski definition) is 0. The Morgan fingerprint density at radius 1 is 0.667 bits per heavy atom. The van der Waals surface area contributed by atoms with Crippen molar-refractivity contribution in [2.75, 3.05) is 11.4 Å². The Balaban J connectivity index is 1.69. The molecule has 0 bridgehead atoms. The molecule has 6 rings (SSSR count). The number of nitrogens with zero attached hydrogens (tertiary/aromatic N) is 1. The van der Waals surface area contributed by atoms with Gasteiger partial charge in [0.25, 0.3) is 0 Å². The normalized spacial score (nSPS) is 15.2. The third-order valence-corrected chi connectivity index (χ3v) is 9.44. The lowest BCUT2D eigenvalue weighted by atomic mass is 9.98. The minimum atomic E-state index is -0.556. The Kier molecular flexibility index (Phi) is 5.29. The van der Waals surface area contributed by atoms with E-state index < -0.39 is 7.53 Å². The molecule has 0 amide bonds. The SMILES string of the molecule is C=C1CCCCCN(c2ccccc2)c2cc3c4ccccc4p(-c4ccccc4)c3cc21. The molecule has 162 valence electrons. The highest BCUT2D eigenvalue weighted by molar-refractivity contribution is 7.67. The van der Waals surface area contributed by atoms with E-state index in [0.29, 0.717) is 0 Å². The fraction of sp³-hybridized carbons (Fsp3) is 0.161. The van der Waals surface area contributed by atoms with Crippen molar-refractivity contribution >= 4 is 45.5 Å². The van der Waals surface area contributed by atoms with Crippen LogP contribution in [0.5, 0.6) is 0 Å². The van der Waals surface area contributed by atoms with Crippen LogP contribution in [0.2, 0.25) is 0 Å². The van der Waals surface area contributed by atoms with Gasteiger partial charge in [-0.25, -0.2) is 0 Å². The van der Waals surface area contributed by atoms with Gasteiger partial charge in [-0.1, -0.05) is 93.3 Å². The van der Waals surface area contributed by atoms with E-state index in [4.69, 9.17) is 0 Å². The predicted molar refractivity (Wildman–Crippen MR) is 146 cm³/mol. The minimum absolute atomic E-state index is 0.556. The van der Waals surface area contributed by atoms with Crippen molar-refractivity contribution in [1.29, 1.82) is 0 Å². The summed E-state index contributed by atoms with van der Waals surface area (Å²) < 4.78 is 0. The zero-order valence-electron chi connectivity index (χ0n) is 18.9. The molecule has 0 saturated heterocycles. The maximum Gasteiger partial charge on any atom is 0.0493 e. The molecule has 4 aromatic carbocycles. The van der Waals surface area contributed by atoms with Gasteiger partial charge in [-0.3, -0.25) is 0 Å². The summed E-state index contributed by atoms with van der Waals surface area (Å²) in [5.41, 5.74) is 5.18. The molecule has 1 aliphatic rings. The van der Waals surface area contributed by atoms with Gasteiger partial charge < -0.3 is 4.90 Å². The quantitative estimate of drug-likeness (QED) is 0.261. The van der Waals surface area contributed by atoms with Gasteiger partial charge in [0.05, 0.1) is 0 Å². The number of rotatable bonds is 2. The highest BCUT2D eigenvalue weighted by Gasteiger charge is 2.21. The van der Waals surface area contributed by atoms with Gasteiger partial charge >= 0.3 is 0 Å². The Morgan fingerprint density at radius 3 is 2.21 bits per heavy atom. The van der Waals surface area contributed by atoms with E-state index in [-0.39, 0.29) is 0 Å². The molecule has 1 aromatic heterocycles. The smallest absolute Gasteiger partial charge is 0.0493 e. The van der Waals surface area contributed by atoms with E-state index in [1.54, 1.807) is 0 Å².